The van der Waals surface area contributed by atoms with Crippen LogP contribution in [0.5, 0.6) is 5.75 Å². The number of carbonyl (C=O) groups excluding carboxylic acids is 2. The van der Waals surface area contributed by atoms with E-state index in [-0.39, 0.29) is 29.7 Å². The van der Waals surface area contributed by atoms with Crippen molar-refractivity contribution in [1.82, 2.24) is 25.1 Å². The number of nitrogens with zero attached hydrogens (tertiary/aromatic N) is 3. The van der Waals surface area contributed by atoms with Crippen LogP contribution in [0.15, 0.2) is 35.2 Å². The highest BCUT2D eigenvalue weighted by molar-refractivity contribution is 7.89. The van der Waals surface area contributed by atoms with Crippen molar-refractivity contribution in [3.05, 3.63) is 41.6 Å². The maximum Gasteiger partial charge on any atom is 0.241 e. The molecule has 1 atom stereocenters. The first-order valence-corrected chi connectivity index (χ1v) is 12.2. The Morgan fingerprint density at radius 3 is 2.85 bits per heavy atom. The van der Waals surface area contributed by atoms with E-state index >= 15 is 0 Å². The van der Waals surface area contributed by atoms with Crippen LogP contribution in [0.3, 0.4) is 0 Å². The Hall–Kier alpha value is -3.25. The fraction of sp³-hybridized carbons (Fsp3) is 0.429. The molecule has 0 spiro atoms. The standard InChI is InChI=1S/C21H26N6O5S/c22-19-7-4-15(24-25-19)12-23-20(28)13-27-9-2-1-3-17(21(27)29)26-33(30,31)16-5-6-18-14(11-16)8-10-32-18/h4-7,11,17,26H,1-3,8-10,12-13H2,(H2,22,25)(H,23,28). The molecule has 1 aromatic carbocycles. The number of hydrogen-bond donors (Lipinski definition) is 3. The lowest BCUT2D eigenvalue weighted by Gasteiger charge is -2.24. The zero-order valence-corrected chi connectivity index (χ0v) is 18.8. The van der Waals surface area contributed by atoms with Gasteiger partial charge in [0.1, 0.15) is 17.6 Å². The minimum Gasteiger partial charge on any atom is -0.493 e. The van der Waals surface area contributed by atoms with Crippen LogP contribution in [0.4, 0.5) is 5.82 Å². The van der Waals surface area contributed by atoms with Crippen LogP contribution in [-0.2, 0) is 32.6 Å². The lowest BCUT2D eigenvalue weighted by molar-refractivity contribution is -0.136. The first kappa shape index (κ1) is 22.9. The number of hydrogen-bond acceptors (Lipinski definition) is 8. The molecule has 0 aliphatic carbocycles. The molecule has 3 heterocycles. The number of nitrogens with one attached hydrogen (secondary N) is 2. The average Bonchev–Trinajstić information content (AvgIpc) is 3.21. The van der Waals surface area contributed by atoms with Gasteiger partial charge in [-0.15, -0.1) is 5.10 Å². The maximum absolute atomic E-state index is 13.1. The van der Waals surface area contributed by atoms with Gasteiger partial charge in [-0.2, -0.15) is 9.82 Å². The van der Waals surface area contributed by atoms with Gasteiger partial charge in [-0.05, 0) is 55.2 Å². The van der Waals surface area contributed by atoms with Gasteiger partial charge in [-0.1, -0.05) is 0 Å². The number of amides is 2. The van der Waals surface area contributed by atoms with Crippen molar-refractivity contribution in [2.75, 3.05) is 25.4 Å². The second-order valence-electron chi connectivity index (χ2n) is 8.02. The van der Waals surface area contributed by atoms with Gasteiger partial charge in [0.25, 0.3) is 0 Å². The second kappa shape index (κ2) is 9.71. The summed E-state index contributed by atoms with van der Waals surface area (Å²) in [5, 5.41) is 10.3. The van der Waals surface area contributed by atoms with E-state index in [1.807, 2.05) is 0 Å². The Morgan fingerprint density at radius 1 is 1.21 bits per heavy atom. The number of ether oxygens (including phenoxy) is 1. The smallest absolute Gasteiger partial charge is 0.241 e. The molecule has 1 saturated heterocycles. The van der Waals surface area contributed by atoms with Crippen LogP contribution in [0.25, 0.3) is 0 Å². The van der Waals surface area contributed by atoms with Gasteiger partial charge in [-0.25, -0.2) is 8.42 Å². The monoisotopic (exact) mass is 474 g/mol. The van der Waals surface area contributed by atoms with Gasteiger partial charge < -0.3 is 20.7 Å². The van der Waals surface area contributed by atoms with Crippen LogP contribution in [0.1, 0.15) is 30.5 Å². The Labute approximate surface area is 191 Å². The molecule has 2 aliphatic rings. The number of likely N-dealkylation sites (tertiary alicyclic amines) is 1. The third-order valence-electron chi connectivity index (χ3n) is 5.59. The highest BCUT2D eigenvalue weighted by Gasteiger charge is 2.32. The van der Waals surface area contributed by atoms with Crippen molar-refractivity contribution in [2.45, 2.75) is 43.2 Å². The quantitative estimate of drug-likeness (QED) is 0.505. The third-order valence-corrected chi connectivity index (χ3v) is 7.06. The van der Waals surface area contributed by atoms with Crippen molar-refractivity contribution in [3.8, 4) is 5.75 Å². The molecule has 2 amide bonds. The minimum absolute atomic E-state index is 0.0951. The van der Waals surface area contributed by atoms with Crippen LogP contribution in [0.2, 0.25) is 0 Å². The molecule has 11 nitrogen and oxygen atoms in total. The molecule has 1 fully saturated rings. The maximum atomic E-state index is 13.1. The lowest BCUT2D eigenvalue weighted by Crippen LogP contribution is -2.49. The predicted molar refractivity (Wildman–Crippen MR) is 118 cm³/mol. The highest BCUT2D eigenvalue weighted by atomic mass is 32.2. The van der Waals surface area contributed by atoms with Crippen molar-refractivity contribution >= 4 is 27.7 Å². The van der Waals surface area contributed by atoms with E-state index in [1.54, 1.807) is 24.3 Å². The molecule has 4 rings (SSSR count). The SMILES string of the molecule is Nc1ccc(CNC(=O)CN2CCCCC(NS(=O)(=O)c3ccc4c(c3)CCO4)C2=O)nn1. The molecule has 4 N–H and O–H groups in total. The number of anilines is 1. The molecule has 0 radical (unpaired) electrons. The average molecular weight is 475 g/mol. The van der Waals surface area contributed by atoms with Gasteiger partial charge in [0.05, 0.1) is 30.3 Å². The lowest BCUT2D eigenvalue weighted by atomic mass is 10.1. The third kappa shape index (κ3) is 5.57. The largest absolute Gasteiger partial charge is 0.493 e. The fourth-order valence-corrected chi connectivity index (χ4v) is 5.11. The summed E-state index contributed by atoms with van der Waals surface area (Å²) >= 11 is 0. The van der Waals surface area contributed by atoms with Gasteiger partial charge in [0.15, 0.2) is 0 Å². The number of nitrogens with two attached hydrogens (primary N) is 1. The van der Waals surface area contributed by atoms with E-state index in [4.69, 9.17) is 10.5 Å². The topological polar surface area (TPSA) is 157 Å². The molecule has 176 valence electrons. The highest BCUT2D eigenvalue weighted by Crippen LogP contribution is 2.28. The summed E-state index contributed by atoms with van der Waals surface area (Å²) in [5.41, 5.74) is 6.86. The zero-order valence-electron chi connectivity index (χ0n) is 18.0. The summed E-state index contributed by atoms with van der Waals surface area (Å²) in [6.07, 6.45) is 2.35. The summed E-state index contributed by atoms with van der Waals surface area (Å²) in [4.78, 5) is 26.9. The molecule has 12 heteroatoms. The molecular weight excluding hydrogens is 448 g/mol. The Morgan fingerprint density at radius 2 is 2.06 bits per heavy atom. The van der Waals surface area contributed by atoms with Crippen molar-refractivity contribution < 1.29 is 22.7 Å². The number of sulfonamides is 1. The number of fused-ring (bicyclic) bond motifs is 1. The first-order valence-electron chi connectivity index (χ1n) is 10.7. The van der Waals surface area contributed by atoms with Crippen LogP contribution < -0.4 is 20.5 Å². The predicted octanol–water partition coefficient (Wildman–Crippen LogP) is -0.0305. The van der Waals surface area contributed by atoms with Crippen molar-refractivity contribution in [3.63, 3.8) is 0 Å². The molecule has 1 unspecified atom stereocenters. The van der Waals surface area contributed by atoms with E-state index in [0.29, 0.717) is 50.3 Å². The normalized spacial score (nSPS) is 18.4. The van der Waals surface area contributed by atoms with E-state index < -0.39 is 22.0 Å². The minimum atomic E-state index is -3.91. The number of aromatic nitrogens is 2. The number of rotatable bonds is 7. The summed E-state index contributed by atoms with van der Waals surface area (Å²) in [6.45, 7) is 0.875. The summed E-state index contributed by atoms with van der Waals surface area (Å²) in [7, 11) is -3.91. The molecule has 1 aromatic heterocycles. The van der Waals surface area contributed by atoms with Gasteiger partial charge in [0, 0.05) is 13.0 Å². The Kier molecular flexibility index (Phi) is 6.75. The van der Waals surface area contributed by atoms with Gasteiger partial charge in [-0.3, -0.25) is 9.59 Å². The van der Waals surface area contributed by atoms with Gasteiger partial charge >= 0.3 is 0 Å². The van der Waals surface area contributed by atoms with Gasteiger partial charge in [0.2, 0.25) is 21.8 Å². The molecule has 0 saturated carbocycles. The van der Waals surface area contributed by atoms with E-state index in [0.717, 1.165) is 5.56 Å². The van der Waals surface area contributed by atoms with Crippen molar-refractivity contribution in [1.29, 1.82) is 0 Å². The summed E-state index contributed by atoms with van der Waals surface area (Å²) in [5.74, 6) is 0.177. The second-order valence-corrected chi connectivity index (χ2v) is 9.74. The summed E-state index contributed by atoms with van der Waals surface area (Å²) < 4.78 is 33.9. The van der Waals surface area contributed by atoms with Crippen LogP contribution in [-0.4, -0.2) is 61.1 Å². The number of carbonyl (C=O) groups is 2. The molecular formula is C21H26N6O5S. The van der Waals surface area contributed by atoms with Crippen LogP contribution in [0, 0.1) is 0 Å². The number of nitrogen functional groups attached to an aromatic ring is 1. The van der Waals surface area contributed by atoms with E-state index in [9.17, 15) is 18.0 Å². The Balaban J connectivity index is 1.38. The zero-order chi connectivity index (χ0) is 23.4. The molecule has 2 aromatic rings. The molecule has 0 bridgehead atoms. The summed E-state index contributed by atoms with van der Waals surface area (Å²) in [6, 6.07) is 6.98. The molecule has 33 heavy (non-hydrogen) atoms. The van der Waals surface area contributed by atoms with Crippen LogP contribution >= 0.6 is 0 Å². The van der Waals surface area contributed by atoms with Crippen molar-refractivity contribution in [2.24, 2.45) is 0 Å². The first-order chi connectivity index (χ1) is 15.8. The number of benzene rings is 1. The molecule has 2 aliphatic heterocycles. The van der Waals surface area contributed by atoms with E-state index in [2.05, 4.69) is 20.2 Å². The van der Waals surface area contributed by atoms with E-state index in [1.165, 1.54) is 11.0 Å². The Bertz CT molecular complexity index is 1140. The fourth-order valence-electron chi connectivity index (χ4n) is 3.84.